The molecular formula is C19H23B2NO. The van der Waals surface area contributed by atoms with Crippen LogP contribution in [0.1, 0.15) is 24.0 Å². The van der Waals surface area contributed by atoms with Gasteiger partial charge in [0.15, 0.2) is 7.98 Å². The molecule has 116 valence electrons. The molecule has 0 amide bonds. The summed E-state index contributed by atoms with van der Waals surface area (Å²) in [6.45, 7) is 5.20. The lowest BCUT2D eigenvalue weighted by molar-refractivity contribution is 0.0456. The van der Waals surface area contributed by atoms with Gasteiger partial charge in [-0.15, -0.1) is 0 Å². The molecule has 1 heterocycles. The maximum Gasteiger partial charge on any atom is 0.288 e. The molecule has 0 N–H and O–H groups in total. The zero-order chi connectivity index (χ0) is 16.3. The van der Waals surface area contributed by atoms with Crippen LogP contribution in [0.2, 0.25) is 13.6 Å². The van der Waals surface area contributed by atoms with Gasteiger partial charge in [0.1, 0.15) is 5.60 Å². The molecule has 1 aliphatic heterocycles. The molecule has 0 bridgehead atoms. The van der Waals surface area contributed by atoms with Gasteiger partial charge in [0.25, 0.3) is 6.92 Å². The van der Waals surface area contributed by atoms with E-state index in [1.54, 1.807) is 0 Å². The van der Waals surface area contributed by atoms with Gasteiger partial charge in [-0.3, -0.25) is 0 Å². The zero-order valence-corrected chi connectivity index (χ0v) is 14.0. The van der Waals surface area contributed by atoms with Crippen molar-refractivity contribution in [2.24, 2.45) is 0 Å². The van der Waals surface area contributed by atoms with E-state index in [-0.39, 0.29) is 13.0 Å². The summed E-state index contributed by atoms with van der Waals surface area (Å²) >= 11 is 0. The summed E-state index contributed by atoms with van der Waals surface area (Å²) < 4.78 is 6.64. The second-order valence-corrected chi connectivity index (χ2v) is 6.53. The van der Waals surface area contributed by atoms with E-state index >= 15 is 0 Å². The van der Waals surface area contributed by atoms with Crippen molar-refractivity contribution in [3.63, 3.8) is 0 Å². The number of rotatable bonds is 5. The average molecular weight is 303 g/mol. The van der Waals surface area contributed by atoms with Gasteiger partial charge in [0.05, 0.1) is 0 Å². The monoisotopic (exact) mass is 303 g/mol. The Labute approximate surface area is 141 Å². The SMILES string of the molecule is [B]N1CCC[C@H]1C(OB(C)C)(c1ccccc1)c1ccccc1. The van der Waals surface area contributed by atoms with Crippen LogP contribution >= 0.6 is 0 Å². The average Bonchev–Trinajstić information content (AvgIpc) is 3.00. The second-order valence-electron chi connectivity index (χ2n) is 6.53. The van der Waals surface area contributed by atoms with E-state index in [4.69, 9.17) is 12.6 Å². The topological polar surface area (TPSA) is 12.5 Å². The Morgan fingerprint density at radius 3 is 1.91 bits per heavy atom. The molecule has 2 radical (unpaired) electrons. The molecule has 0 saturated carbocycles. The molecule has 0 spiro atoms. The van der Waals surface area contributed by atoms with Gasteiger partial charge < -0.3 is 9.47 Å². The van der Waals surface area contributed by atoms with Crippen molar-refractivity contribution in [3.05, 3.63) is 71.8 Å². The Hall–Kier alpha value is -1.51. The van der Waals surface area contributed by atoms with E-state index in [1.165, 1.54) is 11.1 Å². The van der Waals surface area contributed by atoms with Gasteiger partial charge in [-0.05, 0) is 30.5 Å². The minimum Gasteiger partial charge on any atom is -0.423 e. The van der Waals surface area contributed by atoms with Crippen LogP contribution in [0.15, 0.2) is 60.7 Å². The van der Waals surface area contributed by atoms with E-state index in [1.807, 2.05) is 16.9 Å². The summed E-state index contributed by atoms with van der Waals surface area (Å²) in [4.78, 5) is 1.96. The van der Waals surface area contributed by atoms with Crippen molar-refractivity contribution in [2.75, 3.05) is 6.54 Å². The highest BCUT2D eigenvalue weighted by Gasteiger charge is 2.46. The molecule has 2 nitrogen and oxygen atoms in total. The third-order valence-electron chi connectivity index (χ3n) is 4.59. The molecule has 1 atom stereocenters. The van der Waals surface area contributed by atoms with Crippen LogP contribution in [0.25, 0.3) is 0 Å². The van der Waals surface area contributed by atoms with Crippen LogP contribution in [0, 0.1) is 0 Å². The second kappa shape index (κ2) is 6.94. The Balaban J connectivity index is 2.21. The fourth-order valence-electron chi connectivity index (χ4n) is 3.74. The first-order valence-electron chi connectivity index (χ1n) is 8.45. The molecule has 23 heavy (non-hydrogen) atoms. The fraction of sp³-hybridized carbons (Fsp3) is 0.368. The minimum absolute atomic E-state index is 0.101. The molecule has 0 aromatic heterocycles. The Morgan fingerprint density at radius 1 is 1.00 bits per heavy atom. The molecule has 1 aliphatic rings. The summed E-state index contributed by atoms with van der Waals surface area (Å²) in [6, 6.07) is 21.1. The normalized spacial score (nSPS) is 19.0. The van der Waals surface area contributed by atoms with E-state index < -0.39 is 5.60 Å². The van der Waals surface area contributed by atoms with Crippen LogP contribution in [-0.4, -0.2) is 32.3 Å². The van der Waals surface area contributed by atoms with Crippen LogP contribution in [-0.2, 0) is 10.3 Å². The van der Waals surface area contributed by atoms with E-state index in [9.17, 15) is 0 Å². The first kappa shape index (κ1) is 16.4. The minimum atomic E-state index is -0.540. The highest BCUT2D eigenvalue weighted by molar-refractivity contribution is 6.48. The summed E-state index contributed by atoms with van der Waals surface area (Å²) in [6.07, 6.45) is 2.14. The van der Waals surface area contributed by atoms with Gasteiger partial charge in [-0.2, -0.15) is 0 Å². The highest BCUT2D eigenvalue weighted by atomic mass is 16.5. The van der Waals surface area contributed by atoms with E-state index in [0.29, 0.717) is 0 Å². The Morgan fingerprint density at radius 2 is 1.52 bits per heavy atom. The third kappa shape index (κ3) is 3.11. The predicted molar refractivity (Wildman–Crippen MR) is 97.7 cm³/mol. The summed E-state index contributed by atoms with van der Waals surface area (Å²) in [5, 5.41) is 0. The molecule has 2 aromatic carbocycles. The highest BCUT2D eigenvalue weighted by Crippen LogP contribution is 2.43. The largest absolute Gasteiger partial charge is 0.423 e. The molecule has 1 fully saturated rings. The number of nitrogens with zero attached hydrogens (tertiary/aromatic N) is 1. The first-order chi connectivity index (χ1) is 11.1. The number of benzene rings is 2. The van der Waals surface area contributed by atoms with Gasteiger partial charge in [0, 0.05) is 6.04 Å². The third-order valence-corrected chi connectivity index (χ3v) is 4.59. The molecule has 3 rings (SSSR count). The van der Waals surface area contributed by atoms with Crippen LogP contribution in [0.4, 0.5) is 0 Å². The van der Waals surface area contributed by atoms with Crippen LogP contribution in [0.5, 0.6) is 0 Å². The summed E-state index contributed by atoms with van der Waals surface area (Å²) in [5.41, 5.74) is 1.80. The quantitative estimate of drug-likeness (QED) is 0.780. The molecular weight excluding hydrogens is 280 g/mol. The van der Waals surface area contributed by atoms with Crippen molar-refractivity contribution in [3.8, 4) is 0 Å². The molecule has 0 unspecified atom stereocenters. The fourth-order valence-corrected chi connectivity index (χ4v) is 3.74. The van der Waals surface area contributed by atoms with Gasteiger partial charge in [0.2, 0.25) is 0 Å². The van der Waals surface area contributed by atoms with Crippen molar-refractivity contribution < 1.29 is 4.65 Å². The molecule has 0 aliphatic carbocycles. The van der Waals surface area contributed by atoms with Crippen molar-refractivity contribution in [1.29, 1.82) is 0 Å². The number of hydrogen-bond acceptors (Lipinski definition) is 2. The Kier molecular flexibility index (Phi) is 4.93. The van der Waals surface area contributed by atoms with Gasteiger partial charge >= 0.3 is 0 Å². The standard InChI is InChI=1S/C19H23B2NO/c1-21(2)23-19(16-10-5-3-6-11-16,17-12-7-4-8-13-17)18-14-9-15-22(18)20/h3-8,10-13,18H,9,14-15H2,1-2H3/t18-/m0/s1. The van der Waals surface area contributed by atoms with Gasteiger partial charge in [-0.25, -0.2) is 0 Å². The van der Waals surface area contributed by atoms with Crippen molar-refractivity contribution in [2.45, 2.75) is 38.1 Å². The zero-order valence-electron chi connectivity index (χ0n) is 14.0. The number of hydrogen-bond donors (Lipinski definition) is 0. The van der Waals surface area contributed by atoms with E-state index in [0.717, 1.165) is 19.4 Å². The summed E-state index contributed by atoms with van der Waals surface area (Å²) in [7, 11) is 6.37. The van der Waals surface area contributed by atoms with Crippen LogP contribution < -0.4 is 0 Å². The van der Waals surface area contributed by atoms with E-state index in [2.05, 4.69) is 62.2 Å². The Bertz CT molecular complexity index is 578. The molecule has 1 saturated heterocycles. The first-order valence-corrected chi connectivity index (χ1v) is 8.45. The lowest BCUT2D eigenvalue weighted by Gasteiger charge is -2.45. The smallest absolute Gasteiger partial charge is 0.288 e. The lowest BCUT2D eigenvalue weighted by atomic mass is 9.69. The lowest BCUT2D eigenvalue weighted by Crippen LogP contribution is -2.51. The van der Waals surface area contributed by atoms with Crippen molar-refractivity contribution >= 4 is 14.9 Å². The summed E-state index contributed by atoms with van der Waals surface area (Å²) in [5.74, 6) is 0. The predicted octanol–water partition coefficient (Wildman–Crippen LogP) is 3.75. The van der Waals surface area contributed by atoms with Crippen molar-refractivity contribution in [1.82, 2.24) is 4.81 Å². The van der Waals surface area contributed by atoms with Crippen LogP contribution in [0.3, 0.4) is 0 Å². The molecule has 4 heteroatoms. The van der Waals surface area contributed by atoms with Gasteiger partial charge in [-0.1, -0.05) is 74.3 Å². The molecule has 2 aromatic rings. The maximum absolute atomic E-state index is 6.64. The maximum atomic E-state index is 6.64.